The second kappa shape index (κ2) is 10.8. The van der Waals surface area contributed by atoms with Crippen molar-refractivity contribution in [1.82, 2.24) is 25.1 Å². The maximum Gasteiger partial charge on any atom is 0.269 e. The molecule has 11 heteroatoms. The number of nitrogens with one attached hydrogen (secondary N) is 1. The van der Waals surface area contributed by atoms with Crippen molar-refractivity contribution in [3.05, 3.63) is 46.1 Å². The van der Waals surface area contributed by atoms with E-state index >= 15 is 0 Å². The highest BCUT2D eigenvalue weighted by molar-refractivity contribution is 7.99. The molecule has 0 unspecified atom stereocenters. The van der Waals surface area contributed by atoms with Gasteiger partial charge in [-0.3, -0.25) is 14.9 Å². The molecule has 0 bridgehead atoms. The van der Waals surface area contributed by atoms with Crippen LogP contribution in [-0.2, 0) is 17.8 Å². The molecule has 3 heterocycles. The number of non-ortho nitro benzene ring substituents is 1. The normalized spacial score (nSPS) is 14.0. The van der Waals surface area contributed by atoms with Gasteiger partial charge in [-0.1, -0.05) is 37.7 Å². The molecule has 1 aromatic carbocycles. The molecule has 0 spiro atoms. The van der Waals surface area contributed by atoms with Crippen molar-refractivity contribution in [1.29, 1.82) is 0 Å². The highest BCUT2D eigenvalue weighted by atomic mass is 32.2. The second-order valence-electron chi connectivity index (χ2n) is 8.60. The summed E-state index contributed by atoms with van der Waals surface area (Å²) in [4.78, 5) is 34.6. The molecule has 1 aliphatic heterocycles. The molecule has 1 saturated heterocycles. The van der Waals surface area contributed by atoms with Gasteiger partial charge in [0.05, 0.1) is 29.5 Å². The number of carbonyl (C=O) groups excluding carboxylic acids is 1. The SMILES string of the molecule is CC(C)Sc1nc(N2CCCCC2)c2cnn(CCNC(=O)Cc3ccc([N+](=O)[O-])cc3)c2n1. The lowest BCUT2D eigenvalue weighted by molar-refractivity contribution is -0.384. The standard InChI is InChI=1S/C23H29N7O3S/c1-16(2)34-23-26-21(28-11-4-3-5-12-28)19-15-25-29(22(19)27-23)13-10-24-20(31)14-17-6-8-18(9-7-17)30(32)33/h6-9,15-16H,3-5,10-14H2,1-2H3,(H,24,31). The average molecular weight is 484 g/mol. The largest absolute Gasteiger partial charge is 0.356 e. The molecule has 1 aliphatic rings. The summed E-state index contributed by atoms with van der Waals surface area (Å²) < 4.78 is 1.82. The summed E-state index contributed by atoms with van der Waals surface area (Å²) in [6.45, 7) is 7.10. The number of rotatable bonds is 9. The van der Waals surface area contributed by atoms with Gasteiger partial charge in [-0.05, 0) is 24.8 Å². The third kappa shape index (κ3) is 5.82. The van der Waals surface area contributed by atoms with Crippen molar-refractivity contribution in [2.75, 3.05) is 24.5 Å². The Morgan fingerprint density at radius 1 is 1.18 bits per heavy atom. The molecule has 0 radical (unpaired) electrons. The van der Waals surface area contributed by atoms with Gasteiger partial charge < -0.3 is 10.2 Å². The van der Waals surface area contributed by atoms with E-state index in [2.05, 4.69) is 29.2 Å². The Hall–Kier alpha value is -3.21. The van der Waals surface area contributed by atoms with E-state index in [0.29, 0.717) is 18.3 Å². The summed E-state index contributed by atoms with van der Waals surface area (Å²) in [7, 11) is 0. The lowest BCUT2D eigenvalue weighted by Gasteiger charge is -2.28. The number of aromatic nitrogens is 4. The molecular weight excluding hydrogens is 454 g/mol. The Balaban J connectivity index is 1.44. The van der Waals surface area contributed by atoms with Gasteiger partial charge in [0.25, 0.3) is 5.69 Å². The first-order valence-corrected chi connectivity index (χ1v) is 12.4. The van der Waals surface area contributed by atoms with Gasteiger partial charge in [0.1, 0.15) is 5.82 Å². The maximum atomic E-state index is 12.3. The van der Waals surface area contributed by atoms with Crippen molar-refractivity contribution in [2.24, 2.45) is 0 Å². The Bertz CT molecular complexity index is 1160. The number of nitro groups is 1. The summed E-state index contributed by atoms with van der Waals surface area (Å²) in [5.74, 6) is 0.798. The van der Waals surface area contributed by atoms with Gasteiger partial charge in [-0.25, -0.2) is 14.6 Å². The van der Waals surface area contributed by atoms with Crippen molar-refractivity contribution >= 4 is 40.2 Å². The average Bonchev–Trinajstić information content (AvgIpc) is 3.22. The monoisotopic (exact) mass is 483 g/mol. The van der Waals surface area contributed by atoms with Crippen molar-refractivity contribution < 1.29 is 9.72 Å². The fourth-order valence-corrected chi connectivity index (χ4v) is 4.68. The topological polar surface area (TPSA) is 119 Å². The molecule has 4 rings (SSSR count). The Kier molecular flexibility index (Phi) is 7.61. The van der Waals surface area contributed by atoms with Gasteiger partial charge >= 0.3 is 0 Å². The second-order valence-corrected chi connectivity index (χ2v) is 10.1. The number of nitrogens with zero attached hydrogens (tertiary/aromatic N) is 6. The fourth-order valence-electron chi connectivity index (χ4n) is 3.98. The number of benzene rings is 1. The highest BCUT2D eigenvalue weighted by Gasteiger charge is 2.20. The Labute approximate surface area is 202 Å². The van der Waals surface area contributed by atoms with Crippen LogP contribution in [0.3, 0.4) is 0 Å². The van der Waals surface area contributed by atoms with Gasteiger partial charge in [0.2, 0.25) is 5.91 Å². The molecule has 1 fully saturated rings. The third-order valence-electron chi connectivity index (χ3n) is 5.61. The van der Waals surface area contributed by atoms with Crippen molar-refractivity contribution in [2.45, 2.75) is 56.5 Å². The van der Waals surface area contributed by atoms with E-state index in [9.17, 15) is 14.9 Å². The first-order chi connectivity index (χ1) is 16.4. The Morgan fingerprint density at radius 3 is 2.59 bits per heavy atom. The smallest absolute Gasteiger partial charge is 0.269 e. The summed E-state index contributed by atoms with van der Waals surface area (Å²) in [5.41, 5.74) is 1.51. The number of carbonyl (C=O) groups is 1. The van der Waals surface area contributed by atoms with Crippen molar-refractivity contribution in [3.8, 4) is 0 Å². The number of anilines is 1. The van der Waals surface area contributed by atoms with E-state index in [1.54, 1.807) is 23.9 Å². The molecule has 1 N–H and O–H groups in total. The molecule has 3 aromatic rings. The minimum atomic E-state index is -0.455. The van der Waals surface area contributed by atoms with Crippen LogP contribution in [0.5, 0.6) is 0 Å². The number of nitro benzene ring substituents is 1. The highest BCUT2D eigenvalue weighted by Crippen LogP contribution is 2.30. The minimum Gasteiger partial charge on any atom is -0.356 e. The van der Waals surface area contributed by atoms with Crippen molar-refractivity contribution in [3.63, 3.8) is 0 Å². The zero-order valence-corrected chi connectivity index (χ0v) is 20.3. The molecule has 34 heavy (non-hydrogen) atoms. The molecule has 180 valence electrons. The van der Waals surface area contributed by atoms with Crippen LogP contribution in [0.1, 0.15) is 38.7 Å². The van der Waals surface area contributed by atoms with E-state index < -0.39 is 4.92 Å². The number of fused-ring (bicyclic) bond motifs is 1. The molecule has 0 atom stereocenters. The van der Waals surface area contributed by atoms with Crippen LogP contribution < -0.4 is 10.2 Å². The lowest BCUT2D eigenvalue weighted by Crippen LogP contribution is -2.30. The fraction of sp³-hybridized carbons (Fsp3) is 0.478. The number of thioether (sulfide) groups is 1. The molecule has 10 nitrogen and oxygen atoms in total. The molecule has 2 aromatic heterocycles. The molecule has 0 aliphatic carbocycles. The van der Waals surface area contributed by atoms with E-state index in [0.717, 1.165) is 53.5 Å². The van der Waals surface area contributed by atoms with Crippen LogP contribution in [0.2, 0.25) is 0 Å². The van der Waals surface area contributed by atoms with Gasteiger partial charge in [-0.15, -0.1) is 0 Å². The summed E-state index contributed by atoms with van der Waals surface area (Å²) >= 11 is 1.63. The molecule has 1 amide bonds. The van der Waals surface area contributed by atoms with Gasteiger partial charge in [0.15, 0.2) is 10.8 Å². The molecular formula is C23H29N7O3S. The van der Waals surface area contributed by atoms with Crippen LogP contribution in [0.15, 0.2) is 35.6 Å². The number of piperidine rings is 1. The number of hydrogen-bond acceptors (Lipinski definition) is 8. The van der Waals surface area contributed by atoms with E-state index in [1.807, 2.05) is 10.9 Å². The van der Waals surface area contributed by atoms with Gasteiger partial charge in [-0.2, -0.15) is 5.10 Å². The van der Waals surface area contributed by atoms with Crippen LogP contribution in [0.25, 0.3) is 11.0 Å². The minimum absolute atomic E-state index is 0.00984. The summed E-state index contributed by atoms with van der Waals surface area (Å²) in [5, 5.41) is 20.3. The van der Waals surface area contributed by atoms with Crippen LogP contribution in [0, 0.1) is 10.1 Å². The number of hydrogen-bond donors (Lipinski definition) is 1. The zero-order chi connectivity index (χ0) is 24.1. The van der Waals surface area contributed by atoms with Crippen LogP contribution in [-0.4, -0.2) is 55.5 Å². The third-order valence-corrected chi connectivity index (χ3v) is 6.47. The summed E-state index contributed by atoms with van der Waals surface area (Å²) in [6.07, 6.45) is 5.55. The predicted octanol–water partition coefficient (Wildman–Crippen LogP) is 3.58. The first-order valence-electron chi connectivity index (χ1n) is 11.6. The number of amides is 1. The van der Waals surface area contributed by atoms with E-state index in [-0.39, 0.29) is 18.0 Å². The van der Waals surface area contributed by atoms with E-state index in [4.69, 9.17) is 9.97 Å². The zero-order valence-electron chi connectivity index (χ0n) is 19.4. The molecule has 0 saturated carbocycles. The quantitative estimate of drug-likeness (QED) is 0.212. The van der Waals surface area contributed by atoms with Gasteiger partial charge in [0, 0.05) is 37.0 Å². The predicted molar refractivity (Wildman–Crippen MR) is 132 cm³/mol. The van der Waals surface area contributed by atoms with Crippen LogP contribution in [0.4, 0.5) is 11.5 Å². The summed E-state index contributed by atoms with van der Waals surface area (Å²) in [6, 6.07) is 6.02. The first kappa shape index (κ1) is 23.9. The van der Waals surface area contributed by atoms with Crippen LogP contribution >= 0.6 is 11.8 Å². The lowest BCUT2D eigenvalue weighted by atomic mass is 10.1. The maximum absolute atomic E-state index is 12.3. The van der Waals surface area contributed by atoms with E-state index in [1.165, 1.54) is 18.6 Å². The Morgan fingerprint density at radius 2 is 1.91 bits per heavy atom.